The minimum Gasteiger partial charge on any atom is -0.381 e. The molecule has 0 fully saturated rings. The van der Waals surface area contributed by atoms with Crippen molar-refractivity contribution in [1.29, 1.82) is 0 Å². The van der Waals surface area contributed by atoms with Crippen molar-refractivity contribution in [2.75, 3.05) is 13.2 Å². The van der Waals surface area contributed by atoms with Crippen molar-refractivity contribution in [2.24, 2.45) is 5.84 Å². The van der Waals surface area contributed by atoms with Gasteiger partial charge in [-0.2, -0.15) is 0 Å². The van der Waals surface area contributed by atoms with E-state index < -0.39 is 0 Å². The first kappa shape index (κ1) is 15.4. The number of halogens is 2. The van der Waals surface area contributed by atoms with Gasteiger partial charge in [0, 0.05) is 24.3 Å². The number of rotatable bonds is 8. The molecule has 5 heteroatoms. The number of hydrogen-bond donors (Lipinski definition) is 2. The summed E-state index contributed by atoms with van der Waals surface area (Å²) in [5, 5.41) is 0.561. The Morgan fingerprint density at radius 1 is 1.44 bits per heavy atom. The van der Waals surface area contributed by atoms with E-state index in [0.29, 0.717) is 18.1 Å². The summed E-state index contributed by atoms with van der Waals surface area (Å²) in [5.41, 5.74) is 3.47. The third-order valence-electron chi connectivity index (χ3n) is 2.67. The van der Waals surface area contributed by atoms with E-state index in [4.69, 9.17) is 22.2 Å². The highest BCUT2D eigenvalue weighted by atomic mass is 35.5. The Kier molecular flexibility index (Phi) is 7.20. The number of nitrogens with one attached hydrogen (secondary N) is 1. The summed E-state index contributed by atoms with van der Waals surface area (Å²) in [5.74, 6) is 5.20. The molecule has 0 bridgehead atoms. The van der Waals surface area contributed by atoms with Crippen LogP contribution in [0.5, 0.6) is 0 Å². The fourth-order valence-electron chi connectivity index (χ4n) is 1.68. The van der Waals surface area contributed by atoms with Crippen LogP contribution in [0.4, 0.5) is 4.39 Å². The van der Waals surface area contributed by atoms with Gasteiger partial charge in [0.15, 0.2) is 0 Å². The first-order valence-electron chi connectivity index (χ1n) is 6.15. The lowest BCUT2D eigenvalue weighted by molar-refractivity contribution is 0.124. The topological polar surface area (TPSA) is 47.3 Å². The molecular weight excluding hydrogens is 255 g/mol. The van der Waals surface area contributed by atoms with Crippen LogP contribution >= 0.6 is 11.6 Å². The molecule has 0 saturated heterocycles. The van der Waals surface area contributed by atoms with E-state index in [0.717, 1.165) is 25.0 Å². The molecule has 0 radical (unpaired) electrons. The summed E-state index contributed by atoms with van der Waals surface area (Å²) in [4.78, 5) is 0. The molecule has 1 unspecified atom stereocenters. The molecule has 0 aliphatic heterocycles. The Balaban J connectivity index is 2.48. The summed E-state index contributed by atoms with van der Waals surface area (Å²) in [6.45, 7) is 3.44. The smallest absolute Gasteiger partial charge is 0.123 e. The monoisotopic (exact) mass is 274 g/mol. The fraction of sp³-hybridized carbons (Fsp3) is 0.538. The van der Waals surface area contributed by atoms with E-state index in [1.54, 1.807) is 6.07 Å². The quantitative estimate of drug-likeness (QED) is 0.435. The average molecular weight is 275 g/mol. The lowest BCUT2D eigenvalue weighted by Gasteiger charge is -2.16. The lowest BCUT2D eigenvalue weighted by Crippen LogP contribution is -2.37. The number of benzene rings is 1. The SMILES string of the molecule is CCCOCCC(Cc1cc(F)ccc1Cl)NN. The summed E-state index contributed by atoms with van der Waals surface area (Å²) in [7, 11) is 0. The standard InChI is InChI=1S/C13H20ClFN2O/c1-2-6-18-7-5-12(17-16)9-10-8-11(15)3-4-13(10)14/h3-4,8,12,17H,2,5-7,9,16H2,1H3. The van der Waals surface area contributed by atoms with Gasteiger partial charge >= 0.3 is 0 Å². The minimum atomic E-state index is -0.285. The van der Waals surface area contributed by atoms with Gasteiger partial charge in [-0.1, -0.05) is 18.5 Å². The second kappa shape index (κ2) is 8.43. The van der Waals surface area contributed by atoms with Crippen LogP contribution in [-0.4, -0.2) is 19.3 Å². The predicted molar refractivity (Wildman–Crippen MR) is 72.0 cm³/mol. The molecule has 1 atom stereocenters. The van der Waals surface area contributed by atoms with Crippen molar-refractivity contribution >= 4 is 11.6 Å². The van der Waals surface area contributed by atoms with Gasteiger partial charge in [-0.25, -0.2) is 4.39 Å². The first-order chi connectivity index (χ1) is 8.67. The van der Waals surface area contributed by atoms with Gasteiger partial charge in [0.05, 0.1) is 0 Å². The molecule has 0 aliphatic carbocycles. The van der Waals surface area contributed by atoms with Crippen molar-refractivity contribution in [3.63, 3.8) is 0 Å². The zero-order valence-corrected chi connectivity index (χ0v) is 11.3. The van der Waals surface area contributed by atoms with Gasteiger partial charge in [0.25, 0.3) is 0 Å². The van der Waals surface area contributed by atoms with Crippen LogP contribution < -0.4 is 11.3 Å². The van der Waals surface area contributed by atoms with E-state index in [1.807, 2.05) is 0 Å². The largest absolute Gasteiger partial charge is 0.381 e. The average Bonchev–Trinajstić information content (AvgIpc) is 2.37. The van der Waals surface area contributed by atoms with Gasteiger partial charge in [-0.3, -0.25) is 11.3 Å². The Hall–Kier alpha value is -0.680. The van der Waals surface area contributed by atoms with Crippen LogP contribution in [0.15, 0.2) is 18.2 Å². The van der Waals surface area contributed by atoms with Gasteiger partial charge in [-0.05, 0) is 43.0 Å². The molecule has 102 valence electrons. The summed E-state index contributed by atoms with van der Waals surface area (Å²) in [6, 6.07) is 4.38. The molecule has 3 N–H and O–H groups in total. The molecular formula is C13H20ClFN2O. The molecule has 1 aromatic rings. The van der Waals surface area contributed by atoms with Gasteiger partial charge < -0.3 is 4.74 Å². The maximum atomic E-state index is 13.1. The normalized spacial score (nSPS) is 12.7. The van der Waals surface area contributed by atoms with E-state index >= 15 is 0 Å². The molecule has 3 nitrogen and oxygen atoms in total. The van der Waals surface area contributed by atoms with E-state index in [2.05, 4.69) is 12.3 Å². The fourth-order valence-corrected chi connectivity index (χ4v) is 1.88. The Labute approximate surface area is 112 Å². The Bertz CT molecular complexity index is 363. The Morgan fingerprint density at radius 3 is 2.89 bits per heavy atom. The van der Waals surface area contributed by atoms with E-state index in [9.17, 15) is 4.39 Å². The van der Waals surface area contributed by atoms with Crippen LogP contribution in [0.2, 0.25) is 5.02 Å². The zero-order valence-electron chi connectivity index (χ0n) is 10.6. The number of ether oxygens (including phenoxy) is 1. The van der Waals surface area contributed by atoms with Crippen LogP contribution in [0, 0.1) is 5.82 Å². The van der Waals surface area contributed by atoms with Crippen LogP contribution in [0.25, 0.3) is 0 Å². The van der Waals surface area contributed by atoms with Crippen molar-refractivity contribution in [2.45, 2.75) is 32.2 Å². The van der Waals surface area contributed by atoms with Gasteiger partial charge in [0.2, 0.25) is 0 Å². The lowest BCUT2D eigenvalue weighted by atomic mass is 10.0. The molecule has 0 heterocycles. The molecule has 0 aliphatic rings. The van der Waals surface area contributed by atoms with Crippen molar-refractivity contribution in [3.8, 4) is 0 Å². The minimum absolute atomic E-state index is 0.0288. The third-order valence-corrected chi connectivity index (χ3v) is 3.04. The molecule has 1 aromatic carbocycles. The molecule has 0 aromatic heterocycles. The highest BCUT2D eigenvalue weighted by Gasteiger charge is 2.11. The molecule has 1 rings (SSSR count). The van der Waals surface area contributed by atoms with Crippen molar-refractivity contribution in [1.82, 2.24) is 5.43 Å². The highest BCUT2D eigenvalue weighted by molar-refractivity contribution is 6.31. The van der Waals surface area contributed by atoms with Crippen LogP contribution in [0.1, 0.15) is 25.3 Å². The summed E-state index contributed by atoms with van der Waals surface area (Å²) >= 11 is 6.01. The molecule has 0 spiro atoms. The molecule has 0 saturated carbocycles. The number of hydrogen-bond acceptors (Lipinski definition) is 3. The highest BCUT2D eigenvalue weighted by Crippen LogP contribution is 2.19. The summed E-state index contributed by atoms with van der Waals surface area (Å²) in [6.07, 6.45) is 2.35. The first-order valence-corrected chi connectivity index (χ1v) is 6.53. The molecule has 0 amide bonds. The maximum absolute atomic E-state index is 13.1. The van der Waals surface area contributed by atoms with Crippen molar-refractivity contribution < 1.29 is 9.13 Å². The molecule has 18 heavy (non-hydrogen) atoms. The van der Waals surface area contributed by atoms with Crippen LogP contribution in [-0.2, 0) is 11.2 Å². The van der Waals surface area contributed by atoms with E-state index in [1.165, 1.54) is 12.1 Å². The third kappa shape index (κ3) is 5.31. The maximum Gasteiger partial charge on any atom is 0.123 e. The van der Waals surface area contributed by atoms with Gasteiger partial charge in [0.1, 0.15) is 5.82 Å². The van der Waals surface area contributed by atoms with Crippen LogP contribution in [0.3, 0.4) is 0 Å². The van der Waals surface area contributed by atoms with Crippen molar-refractivity contribution in [3.05, 3.63) is 34.6 Å². The second-order valence-corrected chi connectivity index (χ2v) is 4.61. The zero-order chi connectivity index (χ0) is 13.4. The van der Waals surface area contributed by atoms with Gasteiger partial charge in [-0.15, -0.1) is 0 Å². The second-order valence-electron chi connectivity index (χ2n) is 4.20. The van der Waals surface area contributed by atoms with E-state index in [-0.39, 0.29) is 11.9 Å². The Morgan fingerprint density at radius 2 is 2.22 bits per heavy atom. The summed E-state index contributed by atoms with van der Waals surface area (Å²) < 4.78 is 18.5. The number of nitrogens with two attached hydrogens (primary N) is 1. The number of hydrazine groups is 1. The predicted octanol–water partition coefficient (Wildman–Crippen LogP) is 2.67.